The fraction of sp³-hybridized carbons (Fsp3) is 0.889. The second kappa shape index (κ2) is 5.29. The van der Waals surface area contributed by atoms with E-state index in [1.807, 2.05) is 0 Å². The summed E-state index contributed by atoms with van der Waals surface area (Å²) >= 11 is 0. The zero-order valence-corrected chi connectivity index (χ0v) is 8.70. The minimum atomic E-state index is -0.568. The lowest BCUT2D eigenvalue weighted by Crippen LogP contribution is -2.46. The van der Waals surface area contributed by atoms with Crippen LogP contribution in [0.25, 0.3) is 0 Å². The third-order valence-electron chi connectivity index (χ3n) is 2.78. The van der Waals surface area contributed by atoms with E-state index < -0.39 is 11.9 Å². The van der Waals surface area contributed by atoms with Gasteiger partial charge in [-0.05, 0) is 26.4 Å². The Bertz CT molecular complexity index is 197. The van der Waals surface area contributed by atoms with E-state index in [0.29, 0.717) is 12.6 Å². The van der Waals surface area contributed by atoms with E-state index >= 15 is 0 Å². The first-order chi connectivity index (χ1) is 6.61. The molecule has 2 atom stereocenters. The molecule has 5 heteroatoms. The molecule has 0 spiro atoms. The maximum Gasteiger partial charge on any atom is 0.235 e. The first-order valence-corrected chi connectivity index (χ1v) is 5.07. The van der Waals surface area contributed by atoms with Gasteiger partial charge in [-0.1, -0.05) is 0 Å². The third kappa shape index (κ3) is 3.25. The summed E-state index contributed by atoms with van der Waals surface area (Å²) in [6.45, 7) is 2.52. The first-order valence-electron chi connectivity index (χ1n) is 5.07. The maximum absolute atomic E-state index is 10.6. The van der Waals surface area contributed by atoms with Crippen LogP contribution >= 0.6 is 0 Å². The summed E-state index contributed by atoms with van der Waals surface area (Å²) in [5, 5.41) is 3.17. The Morgan fingerprint density at radius 2 is 2.43 bits per heavy atom. The molecule has 2 unspecified atom stereocenters. The molecule has 0 saturated carbocycles. The lowest BCUT2D eigenvalue weighted by Gasteiger charge is -2.20. The standard InChI is InChI=1S/C9H20N4O/c1-13-4-2-3-7(13)5-12-6-8(10)9(11)14/h7-8,12H,2-6,10H2,1H3,(H2,11,14). The number of hydrogen-bond acceptors (Lipinski definition) is 4. The molecular weight excluding hydrogens is 180 g/mol. The van der Waals surface area contributed by atoms with Crippen LogP contribution in [0.1, 0.15) is 12.8 Å². The van der Waals surface area contributed by atoms with Gasteiger partial charge in [0.25, 0.3) is 0 Å². The van der Waals surface area contributed by atoms with Crippen molar-refractivity contribution in [2.24, 2.45) is 11.5 Å². The monoisotopic (exact) mass is 200 g/mol. The number of nitrogens with two attached hydrogens (primary N) is 2. The van der Waals surface area contributed by atoms with E-state index in [1.54, 1.807) is 0 Å². The number of amides is 1. The van der Waals surface area contributed by atoms with E-state index in [4.69, 9.17) is 11.5 Å². The Balaban J connectivity index is 2.11. The highest BCUT2D eigenvalue weighted by atomic mass is 16.1. The maximum atomic E-state index is 10.6. The van der Waals surface area contributed by atoms with Gasteiger partial charge >= 0.3 is 0 Å². The summed E-state index contributed by atoms with van der Waals surface area (Å²) < 4.78 is 0. The van der Waals surface area contributed by atoms with E-state index in [1.165, 1.54) is 12.8 Å². The second-order valence-electron chi connectivity index (χ2n) is 3.94. The van der Waals surface area contributed by atoms with Gasteiger partial charge in [-0.3, -0.25) is 4.79 Å². The van der Waals surface area contributed by atoms with Crippen molar-refractivity contribution < 1.29 is 4.79 Å². The van der Waals surface area contributed by atoms with Crippen molar-refractivity contribution in [1.82, 2.24) is 10.2 Å². The molecule has 5 nitrogen and oxygen atoms in total. The molecular formula is C9H20N4O. The topological polar surface area (TPSA) is 84.4 Å². The van der Waals surface area contributed by atoms with Crippen LogP contribution in [0.15, 0.2) is 0 Å². The summed E-state index contributed by atoms with van der Waals surface area (Å²) in [5.74, 6) is -0.447. The molecule has 1 fully saturated rings. The van der Waals surface area contributed by atoms with Gasteiger partial charge in [0.05, 0.1) is 6.04 Å². The second-order valence-corrected chi connectivity index (χ2v) is 3.94. The normalized spacial score (nSPS) is 25.1. The fourth-order valence-electron chi connectivity index (χ4n) is 1.74. The van der Waals surface area contributed by atoms with E-state index in [0.717, 1.165) is 13.1 Å². The molecule has 5 N–H and O–H groups in total. The summed E-state index contributed by atoms with van der Waals surface area (Å²) in [6, 6.07) is 0.0109. The minimum absolute atomic E-state index is 0.447. The van der Waals surface area contributed by atoms with Crippen molar-refractivity contribution in [3.63, 3.8) is 0 Å². The Kier molecular flexibility index (Phi) is 4.31. The number of hydrogen-bond donors (Lipinski definition) is 3. The Labute approximate surface area is 84.8 Å². The van der Waals surface area contributed by atoms with Crippen molar-refractivity contribution >= 4 is 5.91 Å². The smallest absolute Gasteiger partial charge is 0.235 e. The predicted octanol–water partition coefficient (Wildman–Crippen LogP) is -1.52. The summed E-state index contributed by atoms with van der Waals surface area (Å²) in [6.07, 6.45) is 2.47. The molecule has 1 saturated heterocycles. The molecule has 0 aliphatic carbocycles. The Hall–Kier alpha value is -0.650. The van der Waals surface area contributed by atoms with Crippen LogP contribution in [-0.2, 0) is 4.79 Å². The average Bonchev–Trinajstić information content (AvgIpc) is 2.51. The fourth-order valence-corrected chi connectivity index (χ4v) is 1.74. The third-order valence-corrected chi connectivity index (χ3v) is 2.78. The van der Waals surface area contributed by atoms with E-state index in [2.05, 4.69) is 17.3 Å². The van der Waals surface area contributed by atoms with Crippen LogP contribution in [0.2, 0.25) is 0 Å². The van der Waals surface area contributed by atoms with Gasteiger partial charge in [-0.25, -0.2) is 0 Å². The molecule has 0 bridgehead atoms. The number of rotatable bonds is 5. The van der Waals surface area contributed by atoms with Crippen LogP contribution in [-0.4, -0.2) is 49.6 Å². The molecule has 14 heavy (non-hydrogen) atoms. The van der Waals surface area contributed by atoms with Crippen molar-refractivity contribution in [3.05, 3.63) is 0 Å². The molecule has 1 heterocycles. The van der Waals surface area contributed by atoms with Gasteiger partial charge in [0, 0.05) is 19.1 Å². The summed E-state index contributed by atoms with van der Waals surface area (Å²) in [5.41, 5.74) is 10.5. The highest BCUT2D eigenvalue weighted by Gasteiger charge is 2.20. The lowest BCUT2D eigenvalue weighted by molar-refractivity contribution is -0.119. The number of likely N-dealkylation sites (N-methyl/N-ethyl adjacent to an activating group) is 1. The lowest BCUT2D eigenvalue weighted by atomic mass is 10.2. The van der Waals surface area contributed by atoms with Gasteiger partial charge in [-0.15, -0.1) is 0 Å². The van der Waals surface area contributed by atoms with Gasteiger partial charge in [0.1, 0.15) is 0 Å². The number of likely N-dealkylation sites (tertiary alicyclic amines) is 1. The van der Waals surface area contributed by atoms with Crippen molar-refractivity contribution in [2.75, 3.05) is 26.7 Å². The Morgan fingerprint density at radius 1 is 1.71 bits per heavy atom. The summed E-state index contributed by atoms with van der Waals surface area (Å²) in [7, 11) is 2.12. The van der Waals surface area contributed by atoms with Gasteiger partial charge in [-0.2, -0.15) is 0 Å². The number of nitrogens with one attached hydrogen (secondary N) is 1. The highest BCUT2D eigenvalue weighted by molar-refractivity contribution is 5.79. The highest BCUT2D eigenvalue weighted by Crippen LogP contribution is 2.13. The zero-order valence-electron chi connectivity index (χ0n) is 8.70. The van der Waals surface area contributed by atoms with Gasteiger partial charge in [0.2, 0.25) is 5.91 Å². The van der Waals surface area contributed by atoms with Crippen molar-refractivity contribution in [1.29, 1.82) is 0 Å². The van der Waals surface area contributed by atoms with Gasteiger partial charge < -0.3 is 21.7 Å². The molecule has 1 rings (SSSR count). The van der Waals surface area contributed by atoms with Crippen molar-refractivity contribution in [3.8, 4) is 0 Å². The largest absolute Gasteiger partial charge is 0.368 e. The number of carbonyl (C=O) groups is 1. The first kappa shape index (κ1) is 11.4. The average molecular weight is 200 g/mol. The van der Waals surface area contributed by atoms with E-state index in [-0.39, 0.29) is 0 Å². The zero-order chi connectivity index (χ0) is 10.6. The molecule has 0 aromatic heterocycles. The minimum Gasteiger partial charge on any atom is -0.368 e. The number of nitrogens with zero attached hydrogens (tertiary/aromatic N) is 1. The van der Waals surface area contributed by atoms with Crippen LogP contribution < -0.4 is 16.8 Å². The molecule has 82 valence electrons. The van der Waals surface area contributed by atoms with Crippen LogP contribution in [0.4, 0.5) is 0 Å². The molecule has 0 radical (unpaired) electrons. The number of primary amides is 1. The quantitative estimate of drug-likeness (QED) is 0.503. The predicted molar refractivity (Wildman–Crippen MR) is 55.7 cm³/mol. The molecule has 0 aromatic rings. The summed E-state index contributed by atoms with van der Waals surface area (Å²) in [4.78, 5) is 13.0. The van der Waals surface area contributed by atoms with Crippen molar-refractivity contribution in [2.45, 2.75) is 24.9 Å². The SMILES string of the molecule is CN1CCCC1CNCC(N)C(N)=O. The van der Waals surface area contributed by atoms with Crippen LogP contribution in [0.3, 0.4) is 0 Å². The Morgan fingerprint density at radius 3 is 2.93 bits per heavy atom. The molecule has 1 amide bonds. The van der Waals surface area contributed by atoms with Gasteiger partial charge in [0.15, 0.2) is 0 Å². The molecule has 1 aliphatic rings. The molecule has 0 aromatic carbocycles. The number of carbonyl (C=O) groups excluding carboxylic acids is 1. The van der Waals surface area contributed by atoms with Crippen LogP contribution in [0, 0.1) is 0 Å². The molecule has 1 aliphatic heterocycles. The van der Waals surface area contributed by atoms with Crippen LogP contribution in [0.5, 0.6) is 0 Å². The van der Waals surface area contributed by atoms with E-state index in [9.17, 15) is 4.79 Å².